The highest BCUT2D eigenvalue weighted by molar-refractivity contribution is 7.99. The Hall–Kier alpha value is -3.64. The Bertz CT molecular complexity index is 1430. The predicted octanol–water partition coefficient (Wildman–Crippen LogP) is 2.86. The first kappa shape index (κ1) is 18.4. The number of phenolic OH excluding ortho intramolecular Hbond substituents is 1. The highest BCUT2D eigenvalue weighted by atomic mass is 32.2. The molecule has 12 heteroatoms. The van der Waals surface area contributed by atoms with Crippen molar-refractivity contribution < 1.29 is 23.4 Å². The average Bonchev–Trinajstić information content (AvgIpc) is 3.17. The molecule has 0 unspecified atom stereocenters. The summed E-state index contributed by atoms with van der Waals surface area (Å²) in [5.74, 6) is -0.0460. The van der Waals surface area contributed by atoms with Crippen molar-refractivity contribution in [2.24, 2.45) is 0 Å². The van der Waals surface area contributed by atoms with Crippen LogP contribution in [0.2, 0.25) is 0 Å². The molecule has 4 aromatic rings. The zero-order valence-corrected chi connectivity index (χ0v) is 16.6. The number of aromatic hydroxyl groups is 1. The molecule has 1 aliphatic rings. The third kappa shape index (κ3) is 3.11. The fraction of sp³-hybridized carbons (Fsp3) is 0. The van der Waals surface area contributed by atoms with E-state index in [4.69, 9.17) is 4.94 Å². The number of nitrogens with zero attached hydrogens (tertiary/aromatic N) is 4. The van der Waals surface area contributed by atoms with E-state index < -0.39 is 10.0 Å². The molecule has 2 N–H and O–H groups in total. The van der Waals surface area contributed by atoms with Crippen molar-refractivity contribution in [3.05, 3.63) is 65.8 Å². The van der Waals surface area contributed by atoms with Crippen LogP contribution >= 0.6 is 11.8 Å². The highest BCUT2D eigenvalue weighted by Crippen LogP contribution is 2.42. The second-order valence-corrected chi connectivity index (χ2v) is 8.98. The van der Waals surface area contributed by atoms with Crippen LogP contribution in [-0.4, -0.2) is 33.4 Å². The standard InChI is InChI=1S/C18H11N5O5S2/c24-17-14-7-2-1-6-13(14)15-9-16(17)29-18-19-10-22(20-18)28-23(25)11-4-3-5-12(8-11)30(26,27)21-15/h1-10,21H/p+1. The molecule has 0 saturated carbocycles. The molecule has 0 aliphatic carbocycles. The van der Waals surface area contributed by atoms with E-state index in [9.17, 15) is 18.4 Å². The Morgan fingerprint density at radius 3 is 2.73 bits per heavy atom. The lowest BCUT2D eigenvalue weighted by Gasteiger charge is -2.14. The molecule has 0 spiro atoms. The quantitative estimate of drug-likeness (QED) is 0.398. The van der Waals surface area contributed by atoms with Crippen molar-refractivity contribution in [1.82, 2.24) is 14.9 Å². The number of benzene rings is 3. The van der Waals surface area contributed by atoms with E-state index in [2.05, 4.69) is 14.8 Å². The number of aromatic nitrogens is 3. The summed E-state index contributed by atoms with van der Waals surface area (Å²) in [6.45, 7) is 0. The van der Waals surface area contributed by atoms with Crippen molar-refractivity contribution >= 4 is 43.9 Å². The molecule has 10 nitrogen and oxygen atoms in total. The third-order valence-corrected chi connectivity index (χ3v) is 6.64. The van der Waals surface area contributed by atoms with Gasteiger partial charge < -0.3 is 5.11 Å². The van der Waals surface area contributed by atoms with Gasteiger partial charge in [0, 0.05) is 16.8 Å². The molecule has 30 heavy (non-hydrogen) atoms. The number of phenols is 1. The normalized spacial score (nSPS) is 15.1. The van der Waals surface area contributed by atoms with E-state index in [1.165, 1.54) is 36.7 Å². The molecule has 6 bridgehead atoms. The van der Waals surface area contributed by atoms with Crippen LogP contribution in [0, 0.1) is 4.91 Å². The minimum atomic E-state index is -4.04. The first-order chi connectivity index (χ1) is 14.4. The molecule has 0 fully saturated rings. The van der Waals surface area contributed by atoms with E-state index in [-0.39, 0.29) is 32.1 Å². The van der Waals surface area contributed by atoms with Crippen LogP contribution in [-0.2, 0) is 10.0 Å². The lowest BCUT2D eigenvalue weighted by atomic mass is 10.1. The highest BCUT2D eigenvalue weighted by Gasteiger charge is 2.24. The van der Waals surface area contributed by atoms with E-state index in [0.29, 0.717) is 15.7 Å². The molecule has 0 radical (unpaired) electrons. The van der Waals surface area contributed by atoms with Gasteiger partial charge in [-0.05, 0) is 40.0 Å². The molecule has 0 amide bonds. The summed E-state index contributed by atoms with van der Waals surface area (Å²) in [7, 11) is -4.04. The van der Waals surface area contributed by atoms with Gasteiger partial charge in [0.1, 0.15) is 5.75 Å². The smallest absolute Gasteiger partial charge is 0.262 e. The van der Waals surface area contributed by atoms with E-state index >= 15 is 0 Å². The first-order valence-corrected chi connectivity index (χ1v) is 10.8. The van der Waals surface area contributed by atoms with Crippen molar-refractivity contribution in [3.63, 3.8) is 0 Å². The minimum absolute atomic E-state index is 0.0455. The summed E-state index contributed by atoms with van der Waals surface area (Å²) < 4.78 is 28.6. The molecule has 5 rings (SSSR count). The molecule has 2 heterocycles. The molecule has 0 saturated heterocycles. The maximum atomic E-state index is 13.0. The zero-order valence-electron chi connectivity index (χ0n) is 15.0. The number of hydrogen-bond donors (Lipinski definition) is 2. The van der Waals surface area contributed by atoms with Gasteiger partial charge >= 0.3 is 0 Å². The number of fused-ring (bicyclic) bond motifs is 8. The van der Waals surface area contributed by atoms with E-state index in [1.807, 2.05) is 0 Å². The lowest BCUT2D eigenvalue weighted by Crippen LogP contribution is -2.20. The molecule has 0 atom stereocenters. The second kappa shape index (κ2) is 6.71. The largest absolute Gasteiger partial charge is 0.506 e. The maximum Gasteiger partial charge on any atom is 0.262 e. The van der Waals surface area contributed by atoms with Gasteiger partial charge in [-0.15, -0.1) is 0 Å². The summed E-state index contributed by atoms with van der Waals surface area (Å²) in [4.78, 5) is 22.5. The van der Waals surface area contributed by atoms with Crippen molar-refractivity contribution in [1.29, 1.82) is 0 Å². The van der Waals surface area contributed by atoms with Crippen molar-refractivity contribution in [2.75, 3.05) is 4.72 Å². The Morgan fingerprint density at radius 2 is 1.90 bits per heavy atom. The van der Waals surface area contributed by atoms with Crippen LogP contribution in [0.4, 0.5) is 11.4 Å². The Kier molecular flexibility index (Phi) is 4.11. The number of nitrogens with one attached hydrogen (secondary N) is 1. The van der Waals surface area contributed by atoms with Gasteiger partial charge in [0.15, 0.2) is 4.92 Å². The molecule has 1 aliphatic heterocycles. The van der Waals surface area contributed by atoms with Crippen LogP contribution in [0.1, 0.15) is 0 Å². The van der Waals surface area contributed by atoms with Crippen LogP contribution in [0.15, 0.2) is 75.9 Å². The molecule has 1 aromatic heterocycles. The van der Waals surface area contributed by atoms with Crippen LogP contribution in [0.5, 0.6) is 5.75 Å². The van der Waals surface area contributed by atoms with Gasteiger partial charge in [-0.1, -0.05) is 35.3 Å². The van der Waals surface area contributed by atoms with Crippen LogP contribution in [0.25, 0.3) is 10.8 Å². The number of hydrogen-bond acceptors (Lipinski definition) is 8. The van der Waals surface area contributed by atoms with Gasteiger partial charge in [-0.3, -0.25) is 4.72 Å². The summed E-state index contributed by atoms with van der Waals surface area (Å²) in [6, 6.07) is 13.7. The maximum absolute atomic E-state index is 13.0. The number of anilines is 1. The Morgan fingerprint density at radius 1 is 1.10 bits per heavy atom. The number of rotatable bonds is 0. The van der Waals surface area contributed by atoms with Crippen molar-refractivity contribution in [2.45, 2.75) is 14.9 Å². The molecular weight excluding hydrogens is 430 g/mol. The van der Waals surface area contributed by atoms with Crippen molar-refractivity contribution in [3.8, 4) is 5.75 Å². The van der Waals surface area contributed by atoms with Gasteiger partial charge in [-0.2, -0.15) is 4.98 Å². The third-order valence-electron chi connectivity index (χ3n) is 4.37. The fourth-order valence-electron chi connectivity index (χ4n) is 3.01. The summed E-state index contributed by atoms with van der Waals surface area (Å²) in [5.41, 5.74) is 0.221. The Balaban J connectivity index is 1.78. The monoisotopic (exact) mass is 442 g/mol. The summed E-state index contributed by atoms with van der Waals surface area (Å²) in [6.07, 6.45) is 1.19. The fourth-order valence-corrected chi connectivity index (χ4v) is 4.92. The van der Waals surface area contributed by atoms with E-state index in [1.54, 1.807) is 24.3 Å². The van der Waals surface area contributed by atoms with Gasteiger partial charge in [0.05, 0.1) is 20.3 Å². The SMILES string of the molecule is O=[N+]1On2cnc(n2)Sc2cc(c3ccccc3c2O)NS(=O)(=O)c2cccc1c2. The Labute approximate surface area is 173 Å². The van der Waals surface area contributed by atoms with Gasteiger partial charge in [0.2, 0.25) is 10.8 Å². The number of sulfonamides is 1. The van der Waals surface area contributed by atoms with Crippen LogP contribution < -0.4 is 9.66 Å². The molecular formula is C18H12N5O5S2+. The van der Waals surface area contributed by atoms with Gasteiger partial charge in [0.25, 0.3) is 16.4 Å². The average molecular weight is 442 g/mol. The first-order valence-electron chi connectivity index (χ1n) is 8.53. The van der Waals surface area contributed by atoms with E-state index in [0.717, 1.165) is 16.6 Å². The van der Waals surface area contributed by atoms with Gasteiger partial charge in [-0.25, -0.2) is 8.42 Å². The molecule has 3 aromatic carbocycles. The summed E-state index contributed by atoms with van der Waals surface area (Å²) in [5, 5.41) is 15.9. The zero-order chi connectivity index (χ0) is 20.9. The molecule has 150 valence electrons. The topological polar surface area (TPSA) is 126 Å². The lowest BCUT2D eigenvalue weighted by molar-refractivity contribution is -0.740. The predicted molar refractivity (Wildman–Crippen MR) is 107 cm³/mol. The minimum Gasteiger partial charge on any atom is -0.506 e. The van der Waals surface area contributed by atoms with Crippen LogP contribution in [0.3, 0.4) is 0 Å². The second-order valence-electron chi connectivity index (χ2n) is 6.29. The summed E-state index contributed by atoms with van der Waals surface area (Å²) >= 11 is 0.992.